The van der Waals surface area contributed by atoms with Crippen LogP contribution in [-0.4, -0.2) is 22.6 Å². The molecule has 8 aromatic carbocycles. The van der Waals surface area contributed by atoms with E-state index < -0.39 is 20.8 Å². The Hall–Kier alpha value is -6.53. The Morgan fingerprint density at radius 3 is 1.81 bits per heavy atom. The number of nitrogens with zero attached hydrogens (tertiary/aromatic N) is 3. The van der Waals surface area contributed by atoms with Gasteiger partial charge in [0.05, 0.1) is 24.9 Å². The van der Waals surface area contributed by atoms with Crippen molar-refractivity contribution in [3.63, 3.8) is 0 Å². The standard InChI is InChI=1S/C49H39N2S.C18H24NSi.Ir/c1-31(2)42-28-38(34-16-9-6-10-17-34)29-43(32(3)4)47(42)51-45-21-12-11-20-44(45)50-49(51)41-19-13-18-40-39-27-26-37(30-46(39)52-48(40)41)36-24-22-35(23-25-36)33-14-7-5-8-15-33;1-13(2)16-11-17(15-9-7-14(3)8-10-15)19-12-18(16)20(4,5)6;/h5-18,20-32H,1-4H3;7-9,11-13H,1-6H3;/q2*-1;/i;3D3,13D;. The molecule has 0 unspecified atom stereocenters. The fraction of sp³-hybridized carbons (Fsp3) is 0.194. The summed E-state index contributed by atoms with van der Waals surface area (Å²) in [4.78, 5) is 9.96. The molecule has 0 fully saturated rings. The molecule has 0 bridgehead atoms. The Morgan fingerprint density at radius 2 is 1.21 bits per heavy atom. The van der Waals surface area contributed by atoms with Gasteiger partial charge in [-0.3, -0.25) is 4.98 Å². The van der Waals surface area contributed by atoms with E-state index in [1.54, 1.807) is 12.1 Å². The zero-order chi connectivity index (χ0) is 53.7. The normalized spacial score (nSPS) is 12.8. The molecule has 3 heterocycles. The second kappa shape index (κ2) is 21.5. The van der Waals surface area contributed by atoms with Gasteiger partial charge in [0.2, 0.25) is 0 Å². The molecule has 6 heteroatoms. The third-order valence-corrected chi connectivity index (χ3v) is 16.8. The minimum absolute atomic E-state index is 0. The number of pyridine rings is 1. The SMILES string of the molecule is CC(C)c1cc(-c2ccccc2)cc(C(C)C)c1-n1c(-c2[c-]ccc3c2sc2cc(-c4ccc(-c5ccccc5)cc4)ccc23)nc2ccccc21.[2H]C([2H])([2H])c1c[c-]c(-c2cc(C([2H])(C)C)c([Si](C)(C)C)cn2)cc1.[Ir]. The largest absolute Gasteiger partial charge is 0.333 e. The summed E-state index contributed by atoms with van der Waals surface area (Å²) in [5.41, 5.74) is 17.1. The van der Waals surface area contributed by atoms with Crippen molar-refractivity contribution in [1.29, 1.82) is 0 Å². The topological polar surface area (TPSA) is 30.7 Å². The number of hydrogen-bond acceptors (Lipinski definition) is 3. The van der Waals surface area contributed by atoms with Crippen LogP contribution in [0.2, 0.25) is 19.6 Å². The Bertz CT molecular complexity index is 3840. The van der Waals surface area contributed by atoms with Gasteiger partial charge in [0.15, 0.2) is 0 Å². The molecule has 0 aliphatic heterocycles. The van der Waals surface area contributed by atoms with Gasteiger partial charge >= 0.3 is 0 Å². The minimum atomic E-state index is -2.13. The van der Waals surface area contributed by atoms with Crippen LogP contribution in [0.3, 0.4) is 0 Å². The number of aryl methyl sites for hydroxylation is 1. The summed E-state index contributed by atoms with van der Waals surface area (Å²) >= 11 is 1.84. The van der Waals surface area contributed by atoms with Gasteiger partial charge in [-0.25, -0.2) is 0 Å². The summed E-state index contributed by atoms with van der Waals surface area (Å²) in [6.07, 6.45) is 1.89. The van der Waals surface area contributed by atoms with Crippen LogP contribution in [0.4, 0.5) is 0 Å². The van der Waals surface area contributed by atoms with Crippen molar-refractivity contribution >= 4 is 55.8 Å². The quantitative estimate of drug-likeness (QED) is 0.101. The molecule has 3 aromatic heterocycles. The first-order valence-electron chi connectivity index (χ1n) is 27.0. The monoisotopic (exact) mass is 1170 g/mol. The van der Waals surface area contributed by atoms with Gasteiger partial charge in [-0.1, -0.05) is 200 Å². The van der Waals surface area contributed by atoms with Gasteiger partial charge in [0.1, 0.15) is 0 Å². The molecule has 0 spiro atoms. The smallest absolute Gasteiger partial charge is 0.0799 e. The second-order valence-corrected chi connectivity index (χ2v) is 26.7. The van der Waals surface area contributed by atoms with Crippen LogP contribution >= 0.6 is 11.3 Å². The number of rotatable bonds is 10. The minimum Gasteiger partial charge on any atom is -0.333 e. The van der Waals surface area contributed by atoms with Gasteiger partial charge in [0.25, 0.3) is 0 Å². The molecule has 0 aliphatic carbocycles. The van der Waals surface area contributed by atoms with Gasteiger partial charge < -0.3 is 9.55 Å². The van der Waals surface area contributed by atoms with E-state index >= 15 is 0 Å². The number of imidazole rings is 1. The average molecular weight is 1170 g/mol. The summed E-state index contributed by atoms with van der Waals surface area (Å²) in [7, 11) is -1.61. The van der Waals surface area contributed by atoms with Crippen LogP contribution < -0.4 is 5.19 Å². The molecule has 0 saturated heterocycles. The summed E-state index contributed by atoms with van der Waals surface area (Å²) in [5, 5.41) is 3.69. The molecule has 0 amide bonds. The van der Waals surface area contributed by atoms with E-state index in [1.165, 1.54) is 81.6 Å². The summed E-state index contributed by atoms with van der Waals surface area (Å²) in [6.45, 7) is 17.6. The number of aromatic nitrogens is 3. The van der Waals surface area contributed by atoms with Crippen molar-refractivity contribution in [3.8, 4) is 61.7 Å². The zero-order valence-electron chi connectivity index (χ0n) is 47.1. The number of benzene rings is 8. The van der Waals surface area contributed by atoms with Crippen molar-refractivity contribution in [2.24, 2.45) is 0 Å². The van der Waals surface area contributed by atoms with Crippen molar-refractivity contribution in [2.45, 2.75) is 85.8 Å². The molecular weight excluding hydrogens is 1100 g/mol. The fourth-order valence-electron chi connectivity index (χ4n) is 9.81. The number of fused-ring (bicyclic) bond motifs is 4. The van der Waals surface area contributed by atoms with Crippen LogP contribution in [0.1, 0.15) is 87.0 Å². The summed E-state index contributed by atoms with van der Waals surface area (Å²) < 4.78 is 35.7. The van der Waals surface area contributed by atoms with Gasteiger partial charge in [-0.15, -0.1) is 53.6 Å². The molecule has 11 rings (SSSR count). The molecular formula is C67H63IrN3SSi-2. The molecule has 0 N–H and O–H groups in total. The number of hydrogen-bond donors (Lipinski definition) is 0. The van der Waals surface area contributed by atoms with Crippen molar-refractivity contribution < 1.29 is 25.6 Å². The second-order valence-electron chi connectivity index (χ2n) is 20.6. The first-order chi connectivity index (χ1) is 36.2. The van der Waals surface area contributed by atoms with Crippen LogP contribution in [0, 0.1) is 19.0 Å². The van der Waals surface area contributed by atoms with Crippen LogP contribution in [0.25, 0.3) is 92.9 Å². The van der Waals surface area contributed by atoms with E-state index in [4.69, 9.17) is 10.5 Å². The van der Waals surface area contributed by atoms with Crippen molar-refractivity contribution in [2.75, 3.05) is 0 Å². The Labute approximate surface area is 457 Å². The fourth-order valence-corrected chi connectivity index (χ4v) is 12.6. The summed E-state index contributed by atoms with van der Waals surface area (Å²) in [6, 6.07) is 68.3. The Morgan fingerprint density at radius 1 is 0.603 bits per heavy atom. The van der Waals surface area contributed by atoms with Crippen molar-refractivity contribution in [1.82, 2.24) is 14.5 Å². The van der Waals surface area contributed by atoms with E-state index in [0.29, 0.717) is 11.8 Å². The molecule has 1 radical (unpaired) electrons. The predicted octanol–water partition coefficient (Wildman–Crippen LogP) is 18.6. The molecule has 0 aliphatic rings. The van der Waals surface area contributed by atoms with E-state index in [1.807, 2.05) is 37.4 Å². The Kier molecular flexibility index (Phi) is 13.6. The van der Waals surface area contributed by atoms with E-state index in [9.17, 15) is 0 Å². The first kappa shape index (κ1) is 46.3. The maximum atomic E-state index is 8.48. The zero-order valence-corrected chi connectivity index (χ0v) is 47.3. The summed E-state index contributed by atoms with van der Waals surface area (Å²) in [5.74, 6) is 0.821. The predicted molar refractivity (Wildman–Crippen MR) is 313 cm³/mol. The Balaban J connectivity index is 0.000000244. The van der Waals surface area contributed by atoms with E-state index in [0.717, 1.165) is 39.2 Å². The maximum absolute atomic E-state index is 8.48. The van der Waals surface area contributed by atoms with E-state index in [2.05, 4.69) is 221 Å². The van der Waals surface area contributed by atoms with Crippen LogP contribution in [0.15, 0.2) is 182 Å². The van der Waals surface area contributed by atoms with Crippen molar-refractivity contribution in [3.05, 3.63) is 217 Å². The molecule has 367 valence electrons. The molecule has 73 heavy (non-hydrogen) atoms. The van der Waals surface area contributed by atoms with E-state index in [-0.39, 0.29) is 25.7 Å². The van der Waals surface area contributed by atoms with Gasteiger partial charge in [0, 0.05) is 42.2 Å². The van der Waals surface area contributed by atoms with Gasteiger partial charge in [-0.2, -0.15) is 11.3 Å². The average Bonchev–Trinajstić information content (AvgIpc) is 4.05. The molecule has 0 atom stereocenters. The van der Waals surface area contributed by atoms with Gasteiger partial charge in [-0.05, 0) is 114 Å². The molecule has 0 saturated carbocycles. The molecule has 11 aromatic rings. The third-order valence-electron chi connectivity index (χ3n) is 13.6. The number of para-hydroxylation sites is 2. The van der Waals surface area contributed by atoms with Crippen LogP contribution in [0.5, 0.6) is 0 Å². The van der Waals surface area contributed by atoms with Crippen LogP contribution in [-0.2, 0) is 20.1 Å². The number of thiophene rings is 1. The maximum Gasteiger partial charge on any atom is 0.0799 e. The first-order valence-corrected chi connectivity index (χ1v) is 29.3. The third kappa shape index (κ3) is 10.5. The molecule has 3 nitrogen and oxygen atoms in total.